The van der Waals surface area contributed by atoms with Crippen molar-refractivity contribution in [1.82, 2.24) is 5.32 Å². The second kappa shape index (κ2) is 7.32. The van der Waals surface area contributed by atoms with E-state index >= 15 is 0 Å². The average molecular weight is 386 g/mol. The van der Waals surface area contributed by atoms with E-state index < -0.39 is 6.10 Å². The van der Waals surface area contributed by atoms with Crippen molar-refractivity contribution in [2.24, 2.45) is 0 Å². The Labute approximate surface area is 141 Å². The molecular formula is C15H16BrNO4S. The van der Waals surface area contributed by atoms with Gasteiger partial charge in [-0.05, 0) is 40.2 Å². The van der Waals surface area contributed by atoms with Crippen LogP contribution in [0.3, 0.4) is 0 Å². The Morgan fingerprint density at radius 3 is 2.95 bits per heavy atom. The van der Waals surface area contributed by atoms with Gasteiger partial charge in [0.1, 0.15) is 18.5 Å². The predicted octanol–water partition coefficient (Wildman–Crippen LogP) is 2.77. The van der Waals surface area contributed by atoms with Crippen LogP contribution in [0.2, 0.25) is 0 Å². The molecule has 1 unspecified atom stereocenters. The van der Waals surface area contributed by atoms with Crippen LogP contribution in [0.15, 0.2) is 34.1 Å². The number of hydrogen-bond donors (Lipinski definition) is 2. The van der Waals surface area contributed by atoms with Gasteiger partial charge in [0.05, 0.1) is 3.79 Å². The lowest BCUT2D eigenvalue weighted by Gasteiger charge is -2.13. The van der Waals surface area contributed by atoms with E-state index in [-0.39, 0.29) is 13.4 Å². The van der Waals surface area contributed by atoms with Gasteiger partial charge in [0.25, 0.3) is 0 Å². The summed E-state index contributed by atoms with van der Waals surface area (Å²) in [5.41, 5.74) is 0. The van der Waals surface area contributed by atoms with E-state index in [1.807, 2.05) is 6.07 Å². The van der Waals surface area contributed by atoms with Crippen LogP contribution in [-0.2, 0) is 6.54 Å². The van der Waals surface area contributed by atoms with Crippen molar-refractivity contribution in [2.75, 3.05) is 19.9 Å². The monoisotopic (exact) mass is 385 g/mol. The Bertz CT molecular complexity index is 634. The molecule has 2 aromatic rings. The van der Waals surface area contributed by atoms with Crippen molar-refractivity contribution in [2.45, 2.75) is 12.6 Å². The lowest BCUT2D eigenvalue weighted by Crippen LogP contribution is -2.30. The minimum Gasteiger partial charge on any atom is -0.491 e. The summed E-state index contributed by atoms with van der Waals surface area (Å²) in [6, 6.07) is 9.44. The van der Waals surface area contributed by atoms with Gasteiger partial charge in [-0.3, -0.25) is 0 Å². The Hall–Kier alpha value is -1.28. The highest BCUT2D eigenvalue weighted by Crippen LogP contribution is 2.35. The predicted molar refractivity (Wildman–Crippen MR) is 87.8 cm³/mol. The molecule has 5 nitrogen and oxygen atoms in total. The van der Waals surface area contributed by atoms with Crippen molar-refractivity contribution in [1.29, 1.82) is 0 Å². The zero-order chi connectivity index (χ0) is 15.4. The highest BCUT2D eigenvalue weighted by Gasteiger charge is 2.14. The molecule has 2 N–H and O–H groups in total. The van der Waals surface area contributed by atoms with E-state index in [2.05, 4.69) is 27.3 Å². The van der Waals surface area contributed by atoms with Gasteiger partial charge in [-0.15, -0.1) is 11.3 Å². The van der Waals surface area contributed by atoms with E-state index in [1.54, 1.807) is 29.5 Å². The first-order chi connectivity index (χ1) is 10.7. The Kier molecular flexibility index (Phi) is 5.20. The van der Waals surface area contributed by atoms with E-state index in [9.17, 15) is 5.11 Å². The molecule has 0 bridgehead atoms. The molecule has 1 aliphatic heterocycles. The van der Waals surface area contributed by atoms with Crippen LogP contribution in [0.5, 0.6) is 17.2 Å². The second-order valence-electron chi connectivity index (χ2n) is 4.82. The van der Waals surface area contributed by atoms with E-state index in [1.165, 1.54) is 4.88 Å². The number of ether oxygens (including phenoxy) is 3. The Balaban J connectivity index is 1.39. The van der Waals surface area contributed by atoms with Crippen LogP contribution in [0.4, 0.5) is 0 Å². The van der Waals surface area contributed by atoms with E-state index in [0.29, 0.717) is 18.0 Å². The normalized spacial score (nSPS) is 14.1. The SMILES string of the molecule is OC(CNCc1ccc(Br)s1)COc1ccc2c(c1)OCO2. The molecule has 0 saturated carbocycles. The third kappa shape index (κ3) is 4.13. The first-order valence-corrected chi connectivity index (χ1v) is 8.47. The molecule has 1 atom stereocenters. The minimum absolute atomic E-state index is 0.223. The van der Waals surface area contributed by atoms with Crippen molar-refractivity contribution in [3.05, 3.63) is 39.0 Å². The fraction of sp³-hybridized carbons (Fsp3) is 0.333. The van der Waals surface area contributed by atoms with Gasteiger partial charge >= 0.3 is 0 Å². The number of thiophene rings is 1. The number of hydrogen-bond acceptors (Lipinski definition) is 6. The van der Waals surface area contributed by atoms with Crippen molar-refractivity contribution in [3.63, 3.8) is 0 Å². The molecule has 7 heteroatoms. The maximum atomic E-state index is 9.94. The molecule has 118 valence electrons. The maximum absolute atomic E-state index is 9.94. The summed E-state index contributed by atoms with van der Waals surface area (Å²) in [4.78, 5) is 1.22. The molecule has 2 heterocycles. The fourth-order valence-corrected chi connectivity index (χ4v) is 3.48. The molecule has 0 amide bonds. The molecule has 1 aliphatic rings. The molecule has 1 aromatic carbocycles. The fourth-order valence-electron chi connectivity index (χ4n) is 2.03. The van der Waals surface area contributed by atoms with Gasteiger partial charge in [0.15, 0.2) is 11.5 Å². The molecular weight excluding hydrogens is 370 g/mol. The van der Waals surface area contributed by atoms with Crippen molar-refractivity contribution < 1.29 is 19.3 Å². The molecule has 1 aromatic heterocycles. The van der Waals surface area contributed by atoms with Gasteiger partial charge in [-0.25, -0.2) is 0 Å². The van der Waals surface area contributed by atoms with Crippen molar-refractivity contribution in [3.8, 4) is 17.2 Å². The summed E-state index contributed by atoms with van der Waals surface area (Å²) in [6.07, 6.45) is -0.575. The number of rotatable bonds is 7. The molecule has 0 radical (unpaired) electrons. The third-order valence-electron chi connectivity index (χ3n) is 3.09. The van der Waals surface area contributed by atoms with Crippen LogP contribution in [-0.4, -0.2) is 31.2 Å². The van der Waals surface area contributed by atoms with Gasteiger partial charge < -0.3 is 24.6 Å². The molecule has 22 heavy (non-hydrogen) atoms. The van der Waals surface area contributed by atoms with E-state index in [0.717, 1.165) is 16.1 Å². The number of nitrogens with one attached hydrogen (secondary N) is 1. The number of halogens is 1. The van der Waals surface area contributed by atoms with Crippen LogP contribution in [0.25, 0.3) is 0 Å². The Morgan fingerprint density at radius 1 is 1.27 bits per heavy atom. The zero-order valence-electron chi connectivity index (χ0n) is 11.8. The quantitative estimate of drug-likeness (QED) is 0.767. The minimum atomic E-state index is -0.575. The summed E-state index contributed by atoms with van der Waals surface area (Å²) in [6.45, 7) is 1.67. The summed E-state index contributed by atoms with van der Waals surface area (Å²) in [7, 11) is 0. The standard InChI is InChI=1S/C15H16BrNO4S/c16-15-4-2-12(22-15)7-17-6-10(18)8-19-11-1-3-13-14(5-11)21-9-20-13/h1-5,10,17-18H,6-9H2. The first kappa shape index (κ1) is 15.6. The number of benzene rings is 1. The van der Waals surface area contributed by atoms with Crippen molar-refractivity contribution >= 4 is 27.3 Å². The largest absolute Gasteiger partial charge is 0.491 e. The average Bonchev–Trinajstić information content (AvgIpc) is 3.13. The number of aliphatic hydroxyl groups is 1. The highest BCUT2D eigenvalue weighted by molar-refractivity contribution is 9.11. The third-order valence-corrected chi connectivity index (χ3v) is 4.72. The number of fused-ring (bicyclic) bond motifs is 1. The van der Waals surface area contributed by atoms with Crippen LogP contribution >= 0.6 is 27.3 Å². The zero-order valence-corrected chi connectivity index (χ0v) is 14.2. The summed E-state index contributed by atoms with van der Waals surface area (Å²) in [5, 5.41) is 13.1. The second-order valence-corrected chi connectivity index (χ2v) is 7.36. The Morgan fingerprint density at radius 2 is 2.14 bits per heavy atom. The molecule has 0 saturated heterocycles. The molecule has 0 fully saturated rings. The van der Waals surface area contributed by atoms with Crippen LogP contribution in [0, 0.1) is 0 Å². The van der Waals surface area contributed by atoms with Crippen LogP contribution in [0.1, 0.15) is 4.88 Å². The van der Waals surface area contributed by atoms with E-state index in [4.69, 9.17) is 14.2 Å². The lowest BCUT2D eigenvalue weighted by molar-refractivity contribution is 0.106. The smallest absolute Gasteiger partial charge is 0.231 e. The molecule has 0 aliphatic carbocycles. The topological polar surface area (TPSA) is 60.0 Å². The highest BCUT2D eigenvalue weighted by atomic mass is 79.9. The van der Waals surface area contributed by atoms with Gasteiger partial charge in [-0.2, -0.15) is 0 Å². The molecule has 3 rings (SSSR count). The van der Waals surface area contributed by atoms with Crippen LogP contribution < -0.4 is 19.5 Å². The number of aliphatic hydroxyl groups excluding tert-OH is 1. The van der Waals surface area contributed by atoms with Gasteiger partial charge in [0, 0.05) is 24.0 Å². The summed E-state index contributed by atoms with van der Waals surface area (Å²) in [5.74, 6) is 2.05. The summed E-state index contributed by atoms with van der Waals surface area (Å²) >= 11 is 5.10. The summed E-state index contributed by atoms with van der Waals surface area (Å²) < 4.78 is 17.2. The van der Waals surface area contributed by atoms with Gasteiger partial charge in [-0.1, -0.05) is 0 Å². The molecule has 0 spiro atoms. The van der Waals surface area contributed by atoms with Gasteiger partial charge in [0.2, 0.25) is 6.79 Å². The lowest BCUT2D eigenvalue weighted by atomic mass is 10.3. The first-order valence-electron chi connectivity index (χ1n) is 6.86. The maximum Gasteiger partial charge on any atom is 0.231 e.